The van der Waals surface area contributed by atoms with Crippen molar-refractivity contribution in [1.29, 1.82) is 0 Å². The van der Waals surface area contributed by atoms with Crippen LogP contribution in [0, 0.1) is 5.92 Å². The van der Waals surface area contributed by atoms with Crippen molar-refractivity contribution in [3.05, 3.63) is 0 Å². The molecular weight excluding hydrogens is 156 g/mol. The first kappa shape index (κ1) is 9.03. The van der Waals surface area contributed by atoms with Gasteiger partial charge in [-0.2, -0.15) is 0 Å². The van der Waals surface area contributed by atoms with Gasteiger partial charge in [0.2, 0.25) is 11.8 Å². The number of nitrogens with one attached hydrogen (secondary N) is 1. The van der Waals surface area contributed by atoms with E-state index in [0.29, 0.717) is 19.5 Å². The van der Waals surface area contributed by atoms with Crippen LogP contribution in [0.1, 0.15) is 13.3 Å². The molecule has 1 atom stereocenters. The van der Waals surface area contributed by atoms with Gasteiger partial charge < -0.3 is 10.2 Å². The normalized spacial score (nSPS) is 22.2. The minimum atomic E-state index is -0.137. The van der Waals surface area contributed by atoms with Crippen LogP contribution >= 0.6 is 0 Å². The van der Waals surface area contributed by atoms with E-state index < -0.39 is 0 Å². The van der Waals surface area contributed by atoms with Crippen molar-refractivity contribution in [1.82, 2.24) is 10.2 Å². The lowest BCUT2D eigenvalue weighted by Gasteiger charge is -2.17. The van der Waals surface area contributed by atoms with Crippen molar-refractivity contribution in [3.63, 3.8) is 0 Å². The fraction of sp³-hybridized carbons (Fsp3) is 0.750. The van der Waals surface area contributed by atoms with E-state index in [-0.39, 0.29) is 17.7 Å². The molecule has 1 heterocycles. The largest absolute Gasteiger partial charge is 0.355 e. The van der Waals surface area contributed by atoms with Crippen LogP contribution in [-0.4, -0.2) is 36.9 Å². The summed E-state index contributed by atoms with van der Waals surface area (Å²) in [6.07, 6.45) is 0.350. The van der Waals surface area contributed by atoms with Gasteiger partial charge in [-0.1, -0.05) is 0 Å². The third-order valence-electron chi connectivity index (χ3n) is 2.18. The highest BCUT2D eigenvalue weighted by molar-refractivity contribution is 5.89. The molecule has 1 fully saturated rings. The highest BCUT2D eigenvalue weighted by Gasteiger charge is 2.29. The molecule has 0 aromatic carbocycles. The molecule has 1 aliphatic heterocycles. The minimum absolute atomic E-state index is 0.0159. The molecule has 1 unspecified atom stereocenters. The molecule has 0 aliphatic carbocycles. The first-order valence-corrected chi connectivity index (χ1v) is 4.16. The van der Waals surface area contributed by atoms with Gasteiger partial charge in [0, 0.05) is 26.6 Å². The quantitative estimate of drug-likeness (QED) is 0.613. The Kier molecular flexibility index (Phi) is 2.68. The Morgan fingerprint density at radius 2 is 2.42 bits per heavy atom. The third kappa shape index (κ3) is 1.75. The fourth-order valence-corrected chi connectivity index (χ4v) is 1.25. The average molecular weight is 170 g/mol. The Hall–Kier alpha value is -1.06. The summed E-state index contributed by atoms with van der Waals surface area (Å²) in [5, 5.41) is 2.64. The van der Waals surface area contributed by atoms with Gasteiger partial charge in [0.15, 0.2) is 0 Å². The second-order valence-corrected chi connectivity index (χ2v) is 3.06. The van der Waals surface area contributed by atoms with Crippen LogP contribution in [0.3, 0.4) is 0 Å². The molecular formula is C8H14N2O2. The van der Waals surface area contributed by atoms with E-state index >= 15 is 0 Å². The SMILES string of the molecule is CCN(C)C(=O)C1CNC(=O)C1. The second kappa shape index (κ2) is 3.56. The number of rotatable bonds is 2. The maximum Gasteiger partial charge on any atom is 0.227 e. The zero-order chi connectivity index (χ0) is 9.14. The monoisotopic (exact) mass is 170 g/mol. The van der Waals surface area contributed by atoms with Crippen LogP contribution in [0.25, 0.3) is 0 Å². The molecule has 4 heteroatoms. The summed E-state index contributed by atoms with van der Waals surface area (Å²) in [5.74, 6) is -0.0869. The van der Waals surface area contributed by atoms with Crippen molar-refractivity contribution >= 4 is 11.8 Å². The van der Waals surface area contributed by atoms with Crippen LogP contribution in [0.5, 0.6) is 0 Å². The lowest BCUT2D eigenvalue weighted by atomic mass is 10.1. The Bertz CT molecular complexity index is 203. The number of carbonyl (C=O) groups excluding carboxylic acids is 2. The van der Waals surface area contributed by atoms with Gasteiger partial charge in [-0.25, -0.2) is 0 Å². The molecule has 0 bridgehead atoms. The van der Waals surface area contributed by atoms with Crippen LogP contribution < -0.4 is 5.32 Å². The molecule has 2 amide bonds. The molecule has 12 heavy (non-hydrogen) atoms. The number of amides is 2. The van der Waals surface area contributed by atoms with Crippen LogP contribution in [0.2, 0.25) is 0 Å². The zero-order valence-corrected chi connectivity index (χ0v) is 7.46. The van der Waals surface area contributed by atoms with Gasteiger partial charge in [0.05, 0.1) is 5.92 Å². The van der Waals surface area contributed by atoms with Gasteiger partial charge in [-0.3, -0.25) is 9.59 Å². The molecule has 0 radical (unpaired) electrons. The summed E-state index contributed by atoms with van der Waals surface area (Å²) in [6, 6.07) is 0. The van der Waals surface area contributed by atoms with E-state index in [9.17, 15) is 9.59 Å². The molecule has 0 spiro atoms. The summed E-state index contributed by atoms with van der Waals surface area (Å²) >= 11 is 0. The summed E-state index contributed by atoms with van der Waals surface area (Å²) in [5.41, 5.74) is 0. The van der Waals surface area contributed by atoms with Crippen LogP contribution in [-0.2, 0) is 9.59 Å². The van der Waals surface area contributed by atoms with Gasteiger partial charge in [0.25, 0.3) is 0 Å². The van der Waals surface area contributed by atoms with Crippen LogP contribution in [0.15, 0.2) is 0 Å². The Morgan fingerprint density at radius 1 is 1.75 bits per heavy atom. The molecule has 4 nitrogen and oxygen atoms in total. The molecule has 1 aliphatic rings. The van der Waals surface area contributed by atoms with Gasteiger partial charge >= 0.3 is 0 Å². The Balaban J connectivity index is 2.48. The minimum Gasteiger partial charge on any atom is -0.355 e. The molecule has 68 valence electrons. The standard InChI is InChI=1S/C8H14N2O2/c1-3-10(2)8(12)6-4-7(11)9-5-6/h6H,3-5H2,1-2H3,(H,9,11). The molecule has 1 N–H and O–H groups in total. The summed E-state index contributed by atoms with van der Waals surface area (Å²) in [6.45, 7) is 3.12. The molecule has 1 rings (SSSR count). The number of hydrogen-bond acceptors (Lipinski definition) is 2. The van der Waals surface area contributed by atoms with Crippen molar-refractivity contribution < 1.29 is 9.59 Å². The molecule has 0 saturated carbocycles. The van der Waals surface area contributed by atoms with Crippen molar-refractivity contribution in [3.8, 4) is 0 Å². The number of hydrogen-bond donors (Lipinski definition) is 1. The Labute approximate surface area is 71.9 Å². The third-order valence-corrected chi connectivity index (χ3v) is 2.18. The average Bonchev–Trinajstić information content (AvgIpc) is 2.49. The summed E-state index contributed by atoms with van der Waals surface area (Å²) < 4.78 is 0. The number of nitrogens with zero attached hydrogens (tertiary/aromatic N) is 1. The van der Waals surface area contributed by atoms with Gasteiger partial charge in [-0.15, -0.1) is 0 Å². The first-order valence-electron chi connectivity index (χ1n) is 4.16. The van der Waals surface area contributed by atoms with E-state index in [1.54, 1.807) is 11.9 Å². The topological polar surface area (TPSA) is 49.4 Å². The van der Waals surface area contributed by atoms with E-state index in [1.165, 1.54) is 0 Å². The maximum atomic E-state index is 11.5. The van der Waals surface area contributed by atoms with E-state index in [2.05, 4.69) is 5.32 Å². The zero-order valence-electron chi connectivity index (χ0n) is 7.46. The van der Waals surface area contributed by atoms with E-state index in [4.69, 9.17) is 0 Å². The first-order chi connectivity index (χ1) is 5.65. The number of carbonyl (C=O) groups is 2. The summed E-state index contributed by atoms with van der Waals surface area (Å²) in [7, 11) is 1.76. The Morgan fingerprint density at radius 3 is 2.83 bits per heavy atom. The second-order valence-electron chi connectivity index (χ2n) is 3.06. The summed E-state index contributed by atoms with van der Waals surface area (Å²) in [4.78, 5) is 23.9. The van der Waals surface area contributed by atoms with Crippen LogP contribution in [0.4, 0.5) is 0 Å². The predicted molar refractivity (Wildman–Crippen MR) is 44.4 cm³/mol. The van der Waals surface area contributed by atoms with E-state index in [0.717, 1.165) is 0 Å². The lowest BCUT2D eigenvalue weighted by Crippen LogP contribution is -2.33. The van der Waals surface area contributed by atoms with E-state index in [1.807, 2.05) is 6.92 Å². The van der Waals surface area contributed by atoms with Crippen molar-refractivity contribution in [2.45, 2.75) is 13.3 Å². The molecule has 1 saturated heterocycles. The smallest absolute Gasteiger partial charge is 0.227 e. The molecule has 0 aromatic heterocycles. The van der Waals surface area contributed by atoms with Crippen molar-refractivity contribution in [2.24, 2.45) is 5.92 Å². The fourth-order valence-electron chi connectivity index (χ4n) is 1.25. The highest BCUT2D eigenvalue weighted by atomic mass is 16.2. The highest BCUT2D eigenvalue weighted by Crippen LogP contribution is 2.11. The van der Waals surface area contributed by atoms with Crippen molar-refractivity contribution in [2.75, 3.05) is 20.1 Å². The molecule has 0 aromatic rings. The maximum absolute atomic E-state index is 11.5. The van der Waals surface area contributed by atoms with Gasteiger partial charge in [0.1, 0.15) is 0 Å². The predicted octanol–water partition coefficient (Wildman–Crippen LogP) is -0.399. The van der Waals surface area contributed by atoms with Gasteiger partial charge in [-0.05, 0) is 6.92 Å². The lowest BCUT2D eigenvalue weighted by molar-refractivity contribution is -0.134.